The summed E-state index contributed by atoms with van der Waals surface area (Å²) >= 11 is 1.73. The van der Waals surface area contributed by atoms with E-state index in [9.17, 15) is 4.79 Å². The van der Waals surface area contributed by atoms with Gasteiger partial charge in [-0.1, -0.05) is 18.2 Å². The molecule has 0 saturated heterocycles. The predicted molar refractivity (Wildman–Crippen MR) is 109 cm³/mol. The molecule has 0 atom stereocenters. The van der Waals surface area contributed by atoms with Gasteiger partial charge in [-0.25, -0.2) is 0 Å². The van der Waals surface area contributed by atoms with Gasteiger partial charge in [-0.05, 0) is 48.4 Å². The van der Waals surface area contributed by atoms with E-state index in [1.165, 1.54) is 10.4 Å². The van der Waals surface area contributed by atoms with Crippen LogP contribution in [0.5, 0.6) is 5.75 Å². The average molecular weight is 387 g/mol. The van der Waals surface area contributed by atoms with Crippen molar-refractivity contribution < 1.29 is 9.53 Å². The number of carbonyl (C=O) groups excluding carboxylic acids is 1. The first-order valence-corrected chi connectivity index (χ1v) is 10.1. The first-order valence-electron chi connectivity index (χ1n) is 9.21. The van der Waals surface area contributed by atoms with Crippen molar-refractivity contribution in [3.63, 3.8) is 0 Å². The third kappa shape index (κ3) is 6.94. The molecule has 0 bridgehead atoms. The number of guanidine groups is 1. The molecule has 6 nitrogen and oxygen atoms in total. The highest BCUT2D eigenvalue weighted by atomic mass is 32.1. The summed E-state index contributed by atoms with van der Waals surface area (Å²) in [5, 5.41) is 11.6. The largest absolute Gasteiger partial charge is 0.484 e. The number of rotatable bonds is 9. The first-order chi connectivity index (χ1) is 13.2. The lowest BCUT2D eigenvalue weighted by molar-refractivity contribution is -0.123. The fraction of sp³-hybridized carbons (Fsp3) is 0.400. The molecular formula is C20H26N4O2S. The van der Waals surface area contributed by atoms with E-state index in [0.717, 1.165) is 38.3 Å². The molecule has 1 aromatic carbocycles. The summed E-state index contributed by atoms with van der Waals surface area (Å²) in [5.74, 6) is 1.46. The molecule has 1 fully saturated rings. The molecule has 0 spiro atoms. The summed E-state index contributed by atoms with van der Waals surface area (Å²) in [6.45, 7) is 1.63. The maximum Gasteiger partial charge on any atom is 0.258 e. The number of amides is 1. The fourth-order valence-corrected chi connectivity index (χ4v) is 3.17. The van der Waals surface area contributed by atoms with Crippen molar-refractivity contribution >= 4 is 23.2 Å². The summed E-state index contributed by atoms with van der Waals surface area (Å²) in [7, 11) is 1.77. The molecule has 1 saturated carbocycles. The van der Waals surface area contributed by atoms with Crippen molar-refractivity contribution in [1.29, 1.82) is 0 Å². The van der Waals surface area contributed by atoms with Gasteiger partial charge in [0.25, 0.3) is 5.91 Å². The molecule has 27 heavy (non-hydrogen) atoms. The molecule has 3 rings (SSSR count). The lowest BCUT2D eigenvalue weighted by Gasteiger charge is -2.11. The van der Waals surface area contributed by atoms with Gasteiger partial charge in [0.2, 0.25) is 0 Å². The maximum absolute atomic E-state index is 11.6. The number of thiophene rings is 1. The molecule has 1 aliphatic rings. The van der Waals surface area contributed by atoms with Gasteiger partial charge in [0, 0.05) is 24.5 Å². The molecule has 1 aromatic heterocycles. The van der Waals surface area contributed by atoms with Crippen molar-refractivity contribution in [3.8, 4) is 5.75 Å². The maximum atomic E-state index is 11.6. The van der Waals surface area contributed by atoms with Crippen LogP contribution >= 0.6 is 11.3 Å². The Balaban J connectivity index is 1.34. The van der Waals surface area contributed by atoms with Gasteiger partial charge in [0.1, 0.15) is 5.75 Å². The Kier molecular flexibility index (Phi) is 7.10. The molecule has 1 aliphatic carbocycles. The molecule has 0 aliphatic heterocycles. The summed E-state index contributed by atoms with van der Waals surface area (Å²) in [6.07, 6.45) is 3.05. The second-order valence-corrected chi connectivity index (χ2v) is 7.49. The standard InChI is InChI=1S/C20H26N4O2S/c1-21-20(23-13-18-3-2-12-27-18)22-11-10-15-4-8-17(9-5-15)26-14-19(25)24-16-6-7-16/h2-5,8-9,12,16H,6-7,10-11,13-14H2,1H3,(H,24,25)(H2,21,22,23). The number of benzene rings is 1. The highest BCUT2D eigenvalue weighted by molar-refractivity contribution is 7.09. The minimum atomic E-state index is -0.0489. The van der Waals surface area contributed by atoms with Crippen LogP contribution in [0.1, 0.15) is 23.3 Å². The molecule has 0 unspecified atom stereocenters. The summed E-state index contributed by atoms with van der Waals surface area (Å²) in [4.78, 5) is 17.2. The van der Waals surface area contributed by atoms with Gasteiger partial charge in [0.15, 0.2) is 12.6 Å². The fourth-order valence-electron chi connectivity index (χ4n) is 2.53. The summed E-state index contributed by atoms with van der Waals surface area (Å²) < 4.78 is 5.52. The van der Waals surface area contributed by atoms with Crippen LogP contribution in [0, 0.1) is 0 Å². The second kappa shape index (κ2) is 9.97. The van der Waals surface area contributed by atoms with Gasteiger partial charge in [-0.15, -0.1) is 11.3 Å². The average Bonchev–Trinajstić information content (AvgIpc) is 3.34. The minimum absolute atomic E-state index is 0.0489. The van der Waals surface area contributed by atoms with Crippen molar-refractivity contribution in [2.75, 3.05) is 20.2 Å². The molecule has 1 heterocycles. The normalized spacial score (nSPS) is 13.9. The highest BCUT2D eigenvalue weighted by Gasteiger charge is 2.23. The Morgan fingerprint density at radius 3 is 2.70 bits per heavy atom. The van der Waals surface area contributed by atoms with E-state index in [0.29, 0.717) is 11.8 Å². The van der Waals surface area contributed by atoms with Gasteiger partial charge < -0.3 is 20.7 Å². The van der Waals surface area contributed by atoms with Crippen LogP contribution in [0.2, 0.25) is 0 Å². The minimum Gasteiger partial charge on any atom is -0.484 e. The second-order valence-electron chi connectivity index (χ2n) is 6.46. The molecule has 3 N–H and O–H groups in total. The Hall–Kier alpha value is -2.54. The number of hydrogen-bond donors (Lipinski definition) is 3. The monoisotopic (exact) mass is 386 g/mol. The van der Waals surface area contributed by atoms with Gasteiger partial charge in [-0.3, -0.25) is 9.79 Å². The van der Waals surface area contributed by atoms with Crippen LogP contribution in [0.4, 0.5) is 0 Å². The van der Waals surface area contributed by atoms with Crippen molar-refractivity contribution in [3.05, 3.63) is 52.2 Å². The predicted octanol–water partition coefficient (Wildman–Crippen LogP) is 2.31. The molecule has 1 amide bonds. The van der Waals surface area contributed by atoms with Crippen LogP contribution in [0.25, 0.3) is 0 Å². The Morgan fingerprint density at radius 2 is 2.04 bits per heavy atom. The van der Waals surface area contributed by atoms with Gasteiger partial charge >= 0.3 is 0 Å². The molecule has 0 radical (unpaired) electrons. The lowest BCUT2D eigenvalue weighted by atomic mass is 10.1. The number of nitrogens with one attached hydrogen (secondary N) is 3. The Bertz CT molecular complexity index is 740. The highest BCUT2D eigenvalue weighted by Crippen LogP contribution is 2.18. The van der Waals surface area contributed by atoms with Gasteiger partial charge in [0.05, 0.1) is 6.54 Å². The van der Waals surface area contributed by atoms with Gasteiger partial charge in [-0.2, -0.15) is 0 Å². The van der Waals surface area contributed by atoms with E-state index in [2.05, 4.69) is 32.4 Å². The quantitative estimate of drug-likeness (QED) is 0.457. The van der Waals surface area contributed by atoms with Crippen molar-refractivity contribution in [1.82, 2.24) is 16.0 Å². The SMILES string of the molecule is CN=C(NCCc1ccc(OCC(=O)NC2CC2)cc1)NCc1cccs1. The number of hydrogen-bond acceptors (Lipinski definition) is 4. The third-order valence-electron chi connectivity index (χ3n) is 4.18. The number of ether oxygens (including phenoxy) is 1. The van der Waals surface area contributed by atoms with E-state index in [1.807, 2.05) is 30.3 Å². The van der Waals surface area contributed by atoms with Crippen LogP contribution in [-0.2, 0) is 17.8 Å². The van der Waals surface area contributed by atoms with Crippen molar-refractivity contribution in [2.45, 2.75) is 31.8 Å². The number of nitrogens with zero attached hydrogens (tertiary/aromatic N) is 1. The number of aliphatic imine (C=N–C) groups is 1. The van der Waals surface area contributed by atoms with E-state index >= 15 is 0 Å². The summed E-state index contributed by atoms with van der Waals surface area (Å²) in [5.41, 5.74) is 1.20. The topological polar surface area (TPSA) is 74.8 Å². The zero-order valence-electron chi connectivity index (χ0n) is 15.5. The third-order valence-corrected chi connectivity index (χ3v) is 5.05. The zero-order valence-corrected chi connectivity index (χ0v) is 16.3. The van der Waals surface area contributed by atoms with Crippen molar-refractivity contribution in [2.24, 2.45) is 4.99 Å². The molecule has 7 heteroatoms. The van der Waals surface area contributed by atoms with E-state index in [1.54, 1.807) is 18.4 Å². The number of carbonyl (C=O) groups is 1. The Labute approximate surface area is 164 Å². The Morgan fingerprint density at radius 1 is 1.22 bits per heavy atom. The molecular weight excluding hydrogens is 360 g/mol. The van der Waals surface area contributed by atoms with Crippen LogP contribution in [0.3, 0.4) is 0 Å². The lowest BCUT2D eigenvalue weighted by Crippen LogP contribution is -2.37. The molecule has 144 valence electrons. The van der Waals surface area contributed by atoms with E-state index in [-0.39, 0.29) is 12.5 Å². The summed E-state index contributed by atoms with van der Waals surface area (Å²) in [6, 6.07) is 12.4. The van der Waals surface area contributed by atoms with Crippen LogP contribution in [-0.4, -0.2) is 38.1 Å². The van der Waals surface area contributed by atoms with Crippen LogP contribution < -0.4 is 20.7 Å². The first kappa shape index (κ1) is 19.2. The molecule has 2 aromatic rings. The van der Waals surface area contributed by atoms with Crippen LogP contribution in [0.15, 0.2) is 46.8 Å². The van der Waals surface area contributed by atoms with E-state index < -0.39 is 0 Å². The smallest absolute Gasteiger partial charge is 0.258 e. The zero-order chi connectivity index (χ0) is 18.9. The van der Waals surface area contributed by atoms with E-state index in [4.69, 9.17) is 4.74 Å².